The molecule has 2 amide bonds. The maximum atomic E-state index is 12.6. The Labute approximate surface area is 139 Å². The Hall–Kier alpha value is -1.47. The number of thiazole rings is 1. The van der Waals surface area contributed by atoms with Gasteiger partial charge in [-0.1, -0.05) is 0 Å². The van der Waals surface area contributed by atoms with E-state index in [0.29, 0.717) is 17.8 Å². The van der Waals surface area contributed by atoms with Crippen molar-refractivity contribution in [3.05, 3.63) is 16.1 Å². The SMILES string of the molecule is C[C@@H](NC(=O)c1nc(C(=O)N2C3CCC2CC3)cs1)C(C)(C)O. The molecule has 7 heteroatoms. The van der Waals surface area contributed by atoms with Crippen LogP contribution in [-0.4, -0.2) is 50.5 Å². The Morgan fingerprint density at radius 1 is 1.35 bits per heavy atom. The van der Waals surface area contributed by atoms with Crippen molar-refractivity contribution in [2.24, 2.45) is 0 Å². The minimum atomic E-state index is -1.01. The number of aromatic nitrogens is 1. The third-order valence-corrected chi connectivity index (χ3v) is 5.85. The minimum Gasteiger partial charge on any atom is -0.388 e. The molecule has 0 radical (unpaired) electrons. The zero-order valence-electron chi connectivity index (χ0n) is 13.7. The molecule has 2 fully saturated rings. The van der Waals surface area contributed by atoms with Crippen LogP contribution in [0.25, 0.3) is 0 Å². The van der Waals surface area contributed by atoms with Gasteiger partial charge in [-0.25, -0.2) is 4.98 Å². The van der Waals surface area contributed by atoms with Gasteiger partial charge in [-0.05, 0) is 46.5 Å². The highest BCUT2D eigenvalue weighted by Gasteiger charge is 2.43. The first-order valence-corrected chi connectivity index (χ1v) is 8.96. The maximum absolute atomic E-state index is 12.6. The number of hydrogen-bond donors (Lipinski definition) is 2. The van der Waals surface area contributed by atoms with Crippen LogP contribution in [0.2, 0.25) is 0 Å². The van der Waals surface area contributed by atoms with Gasteiger partial charge in [-0.3, -0.25) is 9.59 Å². The predicted octanol–water partition coefficient (Wildman–Crippen LogP) is 1.80. The second kappa shape index (κ2) is 5.87. The molecular formula is C16H23N3O3S. The summed E-state index contributed by atoms with van der Waals surface area (Å²) in [7, 11) is 0. The molecule has 2 aliphatic heterocycles. The molecule has 1 aromatic heterocycles. The van der Waals surface area contributed by atoms with Crippen molar-refractivity contribution in [3.8, 4) is 0 Å². The van der Waals surface area contributed by atoms with Crippen molar-refractivity contribution >= 4 is 23.2 Å². The van der Waals surface area contributed by atoms with Crippen molar-refractivity contribution in [2.75, 3.05) is 0 Å². The molecule has 3 heterocycles. The Bertz CT molecular complexity index is 602. The molecule has 2 bridgehead atoms. The van der Waals surface area contributed by atoms with Gasteiger partial charge < -0.3 is 15.3 Å². The predicted molar refractivity (Wildman–Crippen MR) is 87.6 cm³/mol. The van der Waals surface area contributed by atoms with Crippen LogP contribution in [0.1, 0.15) is 66.7 Å². The van der Waals surface area contributed by atoms with Crippen molar-refractivity contribution in [3.63, 3.8) is 0 Å². The molecule has 2 N–H and O–H groups in total. The summed E-state index contributed by atoms with van der Waals surface area (Å²) in [5.41, 5.74) is -0.657. The van der Waals surface area contributed by atoms with Crippen molar-refractivity contribution in [1.82, 2.24) is 15.2 Å². The fourth-order valence-electron chi connectivity index (χ4n) is 3.29. The molecule has 1 atom stereocenters. The summed E-state index contributed by atoms with van der Waals surface area (Å²) in [6.07, 6.45) is 4.32. The van der Waals surface area contributed by atoms with E-state index in [1.165, 1.54) is 11.3 Å². The van der Waals surface area contributed by atoms with Crippen molar-refractivity contribution < 1.29 is 14.7 Å². The minimum absolute atomic E-state index is 0.0548. The van der Waals surface area contributed by atoms with Crippen LogP contribution >= 0.6 is 11.3 Å². The van der Waals surface area contributed by atoms with E-state index in [-0.39, 0.29) is 16.8 Å². The zero-order valence-corrected chi connectivity index (χ0v) is 14.5. The largest absolute Gasteiger partial charge is 0.388 e. The Balaban J connectivity index is 1.68. The Morgan fingerprint density at radius 2 is 1.91 bits per heavy atom. The molecule has 1 aromatic rings. The van der Waals surface area contributed by atoms with Gasteiger partial charge in [0.2, 0.25) is 0 Å². The average Bonchev–Trinajstić information content (AvgIpc) is 3.21. The molecule has 6 nitrogen and oxygen atoms in total. The lowest BCUT2D eigenvalue weighted by Gasteiger charge is -2.26. The van der Waals surface area contributed by atoms with E-state index < -0.39 is 11.6 Å². The number of carbonyl (C=O) groups is 2. The van der Waals surface area contributed by atoms with Crippen LogP contribution in [0.3, 0.4) is 0 Å². The lowest BCUT2D eigenvalue weighted by Crippen LogP contribution is -2.47. The summed E-state index contributed by atoms with van der Waals surface area (Å²) < 4.78 is 0. The first-order chi connectivity index (χ1) is 10.8. The maximum Gasteiger partial charge on any atom is 0.280 e. The van der Waals surface area contributed by atoms with Gasteiger partial charge in [0.1, 0.15) is 5.69 Å². The second-order valence-corrected chi connectivity index (χ2v) is 7.92. The van der Waals surface area contributed by atoms with E-state index >= 15 is 0 Å². The van der Waals surface area contributed by atoms with E-state index in [1.54, 1.807) is 26.2 Å². The molecule has 3 rings (SSSR count). The van der Waals surface area contributed by atoms with Crippen LogP contribution < -0.4 is 5.32 Å². The van der Waals surface area contributed by atoms with Gasteiger partial charge in [0.05, 0.1) is 11.6 Å². The van der Waals surface area contributed by atoms with Gasteiger partial charge in [0, 0.05) is 17.5 Å². The summed E-state index contributed by atoms with van der Waals surface area (Å²) in [6.45, 7) is 5.01. The van der Waals surface area contributed by atoms with Crippen LogP contribution in [0.4, 0.5) is 0 Å². The highest BCUT2D eigenvalue weighted by molar-refractivity contribution is 7.11. The summed E-state index contributed by atoms with van der Waals surface area (Å²) in [5.74, 6) is -0.408. The summed E-state index contributed by atoms with van der Waals surface area (Å²) in [5, 5.41) is 14.5. The molecular weight excluding hydrogens is 314 g/mol. The first-order valence-electron chi connectivity index (χ1n) is 8.09. The fraction of sp³-hybridized carbons (Fsp3) is 0.688. The summed E-state index contributed by atoms with van der Waals surface area (Å²) in [4.78, 5) is 31.0. The number of hydrogen-bond acceptors (Lipinski definition) is 5. The average molecular weight is 337 g/mol. The van der Waals surface area contributed by atoms with E-state index in [0.717, 1.165) is 25.7 Å². The number of carbonyl (C=O) groups excluding carboxylic acids is 2. The van der Waals surface area contributed by atoms with Crippen LogP contribution in [0, 0.1) is 0 Å². The van der Waals surface area contributed by atoms with Gasteiger partial charge >= 0.3 is 0 Å². The standard InChI is InChI=1S/C16H23N3O3S/c1-9(16(2,3)22)17-13(20)14-18-12(8-23-14)15(21)19-10-4-5-11(19)7-6-10/h8-11,22H,4-7H2,1-3H3,(H,17,20)/t9-,10?,11?/m1/s1. The monoisotopic (exact) mass is 337 g/mol. The highest BCUT2D eigenvalue weighted by atomic mass is 32.1. The topological polar surface area (TPSA) is 82.5 Å². The normalized spacial score (nSPS) is 24.8. The molecule has 0 aliphatic carbocycles. The lowest BCUT2D eigenvalue weighted by atomic mass is 10.0. The summed E-state index contributed by atoms with van der Waals surface area (Å²) in [6, 6.07) is 0.288. The zero-order chi connectivity index (χ0) is 16.8. The fourth-order valence-corrected chi connectivity index (χ4v) is 3.98. The van der Waals surface area contributed by atoms with Crippen LogP contribution in [-0.2, 0) is 0 Å². The molecule has 0 aromatic carbocycles. The number of nitrogens with one attached hydrogen (secondary N) is 1. The van der Waals surface area contributed by atoms with Crippen LogP contribution in [0.15, 0.2) is 5.38 Å². The smallest absolute Gasteiger partial charge is 0.280 e. The molecule has 2 aliphatic rings. The first kappa shape index (κ1) is 16.4. The molecule has 0 unspecified atom stereocenters. The van der Waals surface area contributed by atoms with Crippen molar-refractivity contribution in [2.45, 2.75) is 70.2 Å². The quantitative estimate of drug-likeness (QED) is 0.878. The Kier molecular flexibility index (Phi) is 4.18. The molecule has 126 valence electrons. The van der Waals surface area contributed by atoms with Crippen LogP contribution in [0.5, 0.6) is 0 Å². The number of nitrogens with zero attached hydrogens (tertiary/aromatic N) is 2. The third kappa shape index (κ3) is 3.12. The number of amides is 2. The molecule has 2 saturated heterocycles. The van der Waals surface area contributed by atoms with E-state index in [4.69, 9.17) is 0 Å². The van der Waals surface area contributed by atoms with E-state index in [9.17, 15) is 14.7 Å². The number of rotatable bonds is 4. The third-order valence-electron chi connectivity index (χ3n) is 5.01. The number of fused-ring (bicyclic) bond motifs is 2. The number of aliphatic hydroxyl groups is 1. The van der Waals surface area contributed by atoms with E-state index in [2.05, 4.69) is 10.3 Å². The van der Waals surface area contributed by atoms with Gasteiger partial charge in [0.25, 0.3) is 11.8 Å². The second-order valence-electron chi connectivity index (χ2n) is 7.06. The van der Waals surface area contributed by atoms with Gasteiger partial charge in [-0.15, -0.1) is 11.3 Å². The van der Waals surface area contributed by atoms with Crippen molar-refractivity contribution in [1.29, 1.82) is 0 Å². The Morgan fingerprint density at radius 3 is 2.43 bits per heavy atom. The lowest BCUT2D eigenvalue weighted by molar-refractivity contribution is 0.0408. The molecule has 0 spiro atoms. The molecule has 0 saturated carbocycles. The summed E-state index contributed by atoms with van der Waals surface area (Å²) >= 11 is 1.17. The molecule has 23 heavy (non-hydrogen) atoms. The van der Waals surface area contributed by atoms with E-state index in [1.807, 2.05) is 4.90 Å². The van der Waals surface area contributed by atoms with Gasteiger partial charge in [0.15, 0.2) is 5.01 Å². The van der Waals surface area contributed by atoms with Gasteiger partial charge in [-0.2, -0.15) is 0 Å². The highest BCUT2D eigenvalue weighted by Crippen LogP contribution is 2.38.